The second-order valence-corrected chi connectivity index (χ2v) is 7.01. The molecule has 6 N–H and O–H groups in total. The Kier molecular flexibility index (Phi) is 8.68. The molecule has 0 saturated carbocycles. The van der Waals surface area contributed by atoms with Gasteiger partial charge in [0.1, 0.15) is 17.5 Å². The molecule has 1 atom stereocenters. The summed E-state index contributed by atoms with van der Waals surface area (Å²) in [5.74, 6) is -1.15. The highest BCUT2D eigenvalue weighted by Crippen LogP contribution is 2.12. The number of primary amides is 1. The lowest BCUT2D eigenvalue weighted by molar-refractivity contribution is -0.130. The molecule has 0 fully saturated rings. The normalized spacial score (nSPS) is 11.5. The van der Waals surface area contributed by atoms with Crippen molar-refractivity contribution < 1.29 is 24.6 Å². The smallest absolute Gasteiger partial charge is 0.240 e. The van der Waals surface area contributed by atoms with Gasteiger partial charge in [-0.15, -0.1) is 0 Å². The third-order valence-electron chi connectivity index (χ3n) is 4.55. The number of aromatic hydroxyl groups is 2. The van der Waals surface area contributed by atoms with Crippen LogP contribution in [0.15, 0.2) is 48.5 Å². The zero-order valence-corrected chi connectivity index (χ0v) is 16.6. The van der Waals surface area contributed by atoms with E-state index in [4.69, 9.17) is 5.73 Å². The lowest BCUT2D eigenvalue weighted by Gasteiger charge is -2.15. The Balaban J connectivity index is 1.71. The fourth-order valence-electron chi connectivity index (χ4n) is 2.87. The molecule has 0 aliphatic rings. The molecular formula is C22H27N3O5. The maximum atomic E-state index is 12.1. The highest BCUT2D eigenvalue weighted by Gasteiger charge is 2.21. The van der Waals surface area contributed by atoms with Crippen LogP contribution in [-0.4, -0.2) is 40.5 Å². The molecule has 30 heavy (non-hydrogen) atoms. The van der Waals surface area contributed by atoms with Crippen LogP contribution in [0.1, 0.15) is 30.4 Å². The Morgan fingerprint density at radius 3 is 1.90 bits per heavy atom. The zero-order valence-electron chi connectivity index (χ0n) is 16.6. The number of nitrogens with two attached hydrogens (primary N) is 1. The van der Waals surface area contributed by atoms with Crippen molar-refractivity contribution in [2.45, 2.75) is 38.1 Å². The van der Waals surface area contributed by atoms with E-state index in [1.165, 1.54) is 0 Å². The minimum Gasteiger partial charge on any atom is -0.508 e. The van der Waals surface area contributed by atoms with Gasteiger partial charge in [-0.1, -0.05) is 24.3 Å². The van der Waals surface area contributed by atoms with Gasteiger partial charge in [0.2, 0.25) is 17.7 Å². The molecule has 0 radical (unpaired) electrons. The minimum absolute atomic E-state index is 0.172. The van der Waals surface area contributed by atoms with Crippen LogP contribution in [0.25, 0.3) is 0 Å². The zero-order chi connectivity index (χ0) is 21.9. The fourth-order valence-corrected chi connectivity index (χ4v) is 2.87. The molecule has 1 unspecified atom stereocenters. The second-order valence-electron chi connectivity index (χ2n) is 7.01. The number of hydrogen-bond acceptors (Lipinski definition) is 5. The number of carbonyl (C=O) groups is 3. The number of benzene rings is 2. The molecule has 2 aromatic rings. The van der Waals surface area contributed by atoms with Crippen LogP contribution in [0, 0.1) is 0 Å². The Morgan fingerprint density at radius 1 is 0.833 bits per heavy atom. The van der Waals surface area contributed by atoms with Gasteiger partial charge in [-0.3, -0.25) is 14.4 Å². The lowest BCUT2D eigenvalue weighted by atomic mass is 10.1. The van der Waals surface area contributed by atoms with E-state index >= 15 is 0 Å². The van der Waals surface area contributed by atoms with Gasteiger partial charge in [0.05, 0.1) is 6.42 Å². The monoisotopic (exact) mass is 413 g/mol. The predicted molar refractivity (Wildman–Crippen MR) is 112 cm³/mol. The van der Waals surface area contributed by atoms with Crippen molar-refractivity contribution in [3.8, 4) is 11.5 Å². The maximum absolute atomic E-state index is 12.1. The summed E-state index contributed by atoms with van der Waals surface area (Å²) in [5, 5.41) is 23.7. The molecule has 0 saturated heterocycles. The summed E-state index contributed by atoms with van der Waals surface area (Å²) in [7, 11) is 0. The fraction of sp³-hybridized carbons (Fsp3) is 0.318. The maximum Gasteiger partial charge on any atom is 0.240 e. The van der Waals surface area contributed by atoms with Crippen molar-refractivity contribution in [1.82, 2.24) is 10.6 Å². The summed E-state index contributed by atoms with van der Waals surface area (Å²) in [6.45, 7) is 0.357. The van der Waals surface area contributed by atoms with Crippen molar-refractivity contribution in [3.05, 3.63) is 59.7 Å². The van der Waals surface area contributed by atoms with Gasteiger partial charge < -0.3 is 26.6 Å². The van der Waals surface area contributed by atoms with Gasteiger partial charge in [-0.2, -0.15) is 0 Å². The van der Waals surface area contributed by atoms with Gasteiger partial charge in [0.25, 0.3) is 0 Å². The molecular weight excluding hydrogens is 386 g/mol. The first-order chi connectivity index (χ1) is 14.3. The van der Waals surface area contributed by atoms with Crippen LogP contribution in [0.3, 0.4) is 0 Å². The third-order valence-corrected chi connectivity index (χ3v) is 4.55. The van der Waals surface area contributed by atoms with E-state index in [9.17, 15) is 24.6 Å². The summed E-state index contributed by atoms with van der Waals surface area (Å²) >= 11 is 0. The Hall–Kier alpha value is -3.55. The number of aryl methyl sites for hydroxylation is 1. The largest absolute Gasteiger partial charge is 0.508 e. The average molecular weight is 413 g/mol. The first-order valence-electron chi connectivity index (χ1n) is 9.74. The molecule has 0 aromatic heterocycles. The SMILES string of the molecule is NC(=O)C(CC(=O)NCCc1ccc(O)cc1)NC(=O)CCCc1ccc(O)cc1. The molecule has 3 amide bonds. The first-order valence-corrected chi connectivity index (χ1v) is 9.74. The molecule has 0 bridgehead atoms. The standard InChI is InChI=1S/C22H27N3O5/c23-22(30)19(14-21(29)24-13-12-16-6-10-18(27)11-7-16)25-20(28)3-1-2-15-4-8-17(26)9-5-15/h4-11,19,26-27H,1-3,12-14H2,(H2,23,30)(H,24,29)(H,25,28). The Morgan fingerprint density at radius 2 is 1.37 bits per heavy atom. The van der Waals surface area contributed by atoms with Crippen LogP contribution < -0.4 is 16.4 Å². The Labute approximate surface area is 175 Å². The first kappa shape index (κ1) is 22.7. The summed E-state index contributed by atoms with van der Waals surface area (Å²) < 4.78 is 0. The number of nitrogens with one attached hydrogen (secondary N) is 2. The van der Waals surface area contributed by atoms with Crippen molar-refractivity contribution in [3.63, 3.8) is 0 Å². The van der Waals surface area contributed by atoms with E-state index in [1.807, 2.05) is 0 Å². The van der Waals surface area contributed by atoms with Gasteiger partial charge in [0, 0.05) is 13.0 Å². The summed E-state index contributed by atoms with van der Waals surface area (Å²) in [5.41, 5.74) is 7.25. The molecule has 8 heteroatoms. The van der Waals surface area contributed by atoms with E-state index in [2.05, 4.69) is 10.6 Å². The number of rotatable bonds is 11. The molecule has 0 heterocycles. The van der Waals surface area contributed by atoms with E-state index in [-0.39, 0.29) is 36.2 Å². The quantitative estimate of drug-likeness (QED) is 0.376. The van der Waals surface area contributed by atoms with E-state index < -0.39 is 11.9 Å². The van der Waals surface area contributed by atoms with Crippen LogP contribution in [0.2, 0.25) is 0 Å². The van der Waals surface area contributed by atoms with E-state index in [0.29, 0.717) is 25.8 Å². The molecule has 8 nitrogen and oxygen atoms in total. The molecule has 0 spiro atoms. The van der Waals surface area contributed by atoms with E-state index in [0.717, 1.165) is 11.1 Å². The number of phenols is 2. The summed E-state index contributed by atoms with van der Waals surface area (Å²) in [6.07, 6.45) is 1.73. The highest BCUT2D eigenvalue weighted by molar-refractivity contribution is 5.91. The molecule has 2 aromatic carbocycles. The third kappa shape index (κ3) is 8.22. The van der Waals surface area contributed by atoms with Gasteiger partial charge in [-0.05, 0) is 54.7 Å². The molecule has 2 rings (SSSR count). The van der Waals surface area contributed by atoms with Gasteiger partial charge in [-0.25, -0.2) is 0 Å². The van der Waals surface area contributed by atoms with Gasteiger partial charge in [0.15, 0.2) is 0 Å². The number of carbonyl (C=O) groups excluding carboxylic acids is 3. The predicted octanol–water partition coefficient (Wildman–Crippen LogP) is 1.14. The van der Waals surface area contributed by atoms with Crippen molar-refractivity contribution >= 4 is 17.7 Å². The number of phenolic OH excluding ortho intramolecular Hbond substituents is 2. The molecule has 0 aliphatic carbocycles. The lowest BCUT2D eigenvalue weighted by Crippen LogP contribution is -2.47. The summed E-state index contributed by atoms with van der Waals surface area (Å²) in [4.78, 5) is 35.8. The van der Waals surface area contributed by atoms with Crippen LogP contribution in [0.5, 0.6) is 11.5 Å². The van der Waals surface area contributed by atoms with Crippen molar-refractivity contribution in [2.24, 2.45) is 5.73 Å². The van der Waals surface area contributed by atoms with Crippen LogP contribution in [-0.2, 0) is 27.2 Å². The average Bonchev–Trinajstić information content (AvgIpc) is 2.70. The second kappa shape index (κ2) is 11.5. The molecule has 160 valence electrons. The minimum atomic E-state index is -1.07. The topological polar surface area (TPSA) is 142 Å². The van der Waals surface area contributed by atoms with Crippen LogP contribution >= 0.6 is 0 Å². The van der Waals surface area contributed by atoms with Crippen molar-refractivity contribution in [2.75, 3.05) is 6.54 Å². The van der Waals surface area contributed by atoms with E-state index in [1.54, 1.807) is 48.5 Å². The number of hydrogen-bond donors (Lipinski definition) is 5. The van der Waals surface area contributed by atoms with Crippen LogP contribution in [0.4, 0.5) is 0 Å². The Bertz CT molecular complexity index is 785. The van der Waals surface area contributed by atoms with Crippen molar-refractivity contribution in [1.29, 1.82) is 0 Å². The highest BCUT2D eigenvalue weighted by atomic mass is 16.3. The number of amides is 3. The molecule has 0 aliphatic heterocycles. The van der Waals surface area contributed by atoms with Gasteiger partial charge >= 0.3 is 0 Å². The summed E-state index contributed by atoms with van der Waals surface area (Å²) in [6, 6.07) is 12.3.